The van der Waals surface area contributed by atoms with E-state index in [1.807, 2.05) is 38.1 Å². The van der Waals surface area contributed by atoms with Gasteiger partial charge in [-0.1, -0.05) is 42.8 Å². The fourth-order valence-electron chi connectivity index (χ4n) is 3.13. The van der Waals surface area contributed by atoms with Crippen molar-refractivity contribution in [3.8, 4) is 0 Å². The summed E-state index contributed by atoms with van der Waals surface area (Å²) in [7, 11) is 0. The van der Waals surface area contributed by atoms with Crippen molar-refractivity contribution in [1.82, 2.24) is 4.90 Å². The van der Waals surface area contributed by atoms with Crippen molar-refractivity contribution in [2.24, 2.45) is 0 Å². The summed E-state index contributed by atoms with van der Waals surface area (Å²) in [6, 6.07) is 15.7. The Morgan fingerprint density at radius 1 is 1.00 bits per heavy atom. The zero-order chi connectivity index (χ0) is 23.1. The number of aryl methyl sites for hydroxylation is 1. The molecular formula is C24H24ClN3O3S. The summed E-state index contributed by atoms with van der Waals surface area (Å²) in [5.41, 5.74) is 2.34. The topological polar surface area (TPSA) is 78.5 Å². The average Bonchev–Trinajstić information content (AvgIpc) is 3.31. The third-order valence-electron chi connectivity index (χ3n) is 4.74. The number of rotatable bonds is 8. The molecule has 3 aromatic rings. The molecule has 0 radical (unpaired) electrons. The van der Waals surface area contributed by atoms with Gasteiger partial charge in [-0.2, -0.15) is 0 Å². The number of para-hydroxylation sites is 1. The summed E-state index contributed by atoms with van der Waals surface area (Å²) in [5.74, 6) is -0.883. The SMILES string of the molecule is CCCN(CC(=O)Nc1ccccc1C)C(=O)c1ccc(Cl)c(NC(=O)c2cccs2)c1. The maximum atomic E-state index is 13.2. The molecule has 0 saturated heterocycles. The summed E-state index contributed by atoms with van der Waals surface area (Å²) in [6.07, 6.45) is 0.693. The molecule has 0 aliphatic rings. The van der Waals surface area contributed by atoms with Gasteiger partial charge in [-0.25, -0.2) is 0 Å². The van der Waals surface area contributed by atoms with Crippen LogP contribution >= 0.6 is 22.9 Å². The Kier molecular flexibility index (Phi) is 8.03. The predicted molar refractivity (Wildman–Crippen MR) is 130 cm³/mol. The van der Waals surface area contributed by atoms with Crippen molar-refractivity contribution in [1.29, 1.82) is 0 Å². The average molecular weight is 470 g/mol. The van der Waals surface area contributed by atoms with Crippen molar-refractivity contribution in [3.05, 3.63) is 81.0 Å². The van der Waals surface area contributed by atoms with Crippen LogP contribution in [0.5, 0.6) is 0 Å². The van der Waals surface area contributed by atoms with E-state index in [1.165, 1.54) is 22.3 Å². The van der Waals surface area contributed by atoms with Gasteiger partial charge in [0, 0.05) is 17.8 Å². The molecule has 0 spiro atoms. The highest BCUT2D eigenvalue weighted by atomic mass is 35.5. The molecule has 3 rings (SSSR count). The van der Waals surface area contributed by atoms with Gasteiger partial charge in [0.05, 0.1) is 15.6 Å². The van der Waals surface area contributed by atoms with Crippen LogP contribution in [0.15, 0.2) is 60.0 Å². The lowest BCUT2D eigenvalue weighted by molar-refractivity contribution is -0.116. The molecule has 0 unspecified atom stereocenters. The molecule has 0 bridgehead atoms. The van der Waals surface area contributed by atoms with Gasteiger partial charge in [0.2, 0.25) is 5.91 Å². The first-order chi connectivity index (χ1) is 15.4. The van der Waals surface area contributed by atoms with E-state index in [4.69, 9.17) is 11.6 Å². The van der Waals surface area contributed by atoms with Crippen LogP contribution in [0, 0.1) is 6.92 Å². The van der Waals surface area contributed by atoms with Crippen LogP contribution in [0.1, 0.15) is 38.9 Å². The van der Waals surface area contributed by atoms with E-state index in [1.54, 1.807) is 29.6 Å². The third-order valence-corrected chi connectivity index (χ3v) is 5.94. The second-order valence-corrected chi connectivity index (χ2v) is 8.57. The molecule has 2 aromatic carbocycles. The number of carbonyl (C=O) groups excluding carboxylic acids is 3. The van der Waals surface area contributed by atoms with E-state index < -0.39 is 0 Å². The van der Waals surface area contributed by atoms with Gasteiger partial charge in [0.15, 0.2) is 0 Å². The van der Waals surface area contributed by atoms with Crippen LogP contribution in [0.2, 0.25) is 5.02 Å². The van der Waals surface area contributed by atoms with Gasteiger partial charge >= 0.3 is 0 Å². The second-order valence-electron chi connectivity index (χ2n) is 7.22. The van der Waals surface area contributed by atoms with Crippen molar-refractivity contribution in [3.63, 3.8) is 0 Å². The number of benzene rings is 2. The van der Waals surface area contributed by atoms with E-state index >= 15 is 0 Å². The lowest BCUT2D eigenvalue weighted by atomic mass is 10.1. The number of hydrogen-bond donors (Lipinski definition) is 2. The van der Waals surface area contributed by atoms with E-state index in [2.05, 4.69) is 10.6 Å². The molecule has 0 saturated carbocycles. The second kappa shape index (κ2) is 10.9. The molecule has 0 aliphatic heterocycles. The third kappa shape index (κ3) is 5.96. The number of amides is 3. The van der Waals surface area contributed by atoms with Crippen LogP contribution in [0.3, 0.4) is 0 Å². The summed E-state index contributed by atoms with van der Waals surface area (Å²) in [4.78, 5) is 40.2. The summed E-state index contributed by atoms with van der Waals surface area (Å²) >= 11 is 7.55. The minimum Gasteiger partial charge on any atom is -0.329 e. The molecule has 2 N–H and O–H groups in total. The molecule has 0 fully saturated rings. The normalized spacial score (nSPS) is 10.5. The van der Waals surface area contributed by atoms with Gasteiger partial charge < -0.3 is 15.5 Å². The van der Waals surface area contributed by atoms with E-state index in [0.29, 0.717) is 39.8 Å². The Morgan fingerprint density at radius 3 is 2.47 bits per heavy atom. The highest BCUT2D eigenvalue weighted by molar-refractivity contribution is 7.12. The summed E-state index contributed by atoms with van der Waals surface area (Å²) in [5, 5.41) is 7.74. The minimum atomic E-state index is -0.310. The number of anilines is 2. The highest BCUT2D eigenvalue weighted by Gasteiger charge is 2.20. The van der Waals surface area contributed by atoms with Crippen LogP contribution in [0.4, 0.5) is 11.4 Å². The van der Waals surface area contributed by atoms with Crippen molar-refractivity contribution < 1.29 is 14.4 Å². The summed E-state index contributed by atoms with van der Waals surface area (Å²) < 4.78 is 0. The lowest BCUT2D eigenvalue weighted by Crippen LogP contribution is -2.38. The highest BCUT2D eigenvalue weighted by Crippen LogP contribution is 2.25. The predicted octanol–water partition coefficient (Wildman–Crippen LogP) is 5.45. The van der Waals surface area contributed by atoms with Crippen LogP contribution in [0.25, 0.3) is 0 Å². The van der Waals surface area contributed by atoms with Crippen molar-refractivity contribution in [2.45, 2.75) is 20.3 Å². The Hall–Kier alpha value is -3.16. The summed E-state index contributed by atoms with van der Waals surface area (Å²) in [6.45, 7) is 4.18. The standard InChI is InChI=1S/C24H24ClN3O3S/c1-3-12-28(15-22(29)26-19-8-5-4-7-16(19)2)24(31)17-10-11-18(25)20(14-17)27-23(30)21-9-6-13-32-21/h4-11,13-14H,3,12,15H2,1-2H3,(H,26,29)(H,27,30). The molecule has 8 heteroatoms. The molecule has 6 nitrogen and oxygen atoms in total. The van der Waals surface area contributed by atoms with Crippen LogP contribution in [-0.2, 0) is 4.79 Å². The fraction of sp³-hybridized carbons (Fsp3) is 0.208. The largest absolute Gasteiger partial charge is 0.329 e. The van der Waals surface area contributed by atoms with Gasteiger partial charge in [-0.3, -0.25) is 14.4 Å². The number of nitrogens with one attached hydrogen (secondary N) is 2. The maximum absolute atomic E-state index is 13.2. The molecule has 1 heterocycles. The lowest BCUT2D eigenvalue weighted by Gasteiger charge is -2.22. The molecule has 166 valence electrons. The smallest absolute Gasteiger partial charge is 0.265 e. The van der Waals surface area contributed by atoms with Crippen molar-refractivity contribution in [2.75, 3.05) is 23.7 Å². The van der Waals surface area contributed by atoms with E-state index in [9.17, 15) is 14.4 Å². The Bertz CT molecular complexity index is 1120. The van der Waals surface area contributed by atoms with Gasteiger partial charge in [0.25, 0.3) is 11.8 Å². The molecule has 1 aromatic heterocycles. The Labute approximate surface area is 196 Å². The quantitative estimate of drug-likeness (QED) is 0.460. The zero-order valence-corrected chi connectivity index (χ0v) is 19.4. The molecule has 0 aliphatic carbocycles. The first kappa shape index (κ1) is 23.5. The molecular weight excluding hydrogens is 446 g/mol. The van der Waals surface area contributed by atoms with Gasteiger partial charge in [-0.05, 0) is 54.6 Å². The van der Waals surface area contributed by atoms with Gasteiger partial charge in [0.1, 0.15) is 6.54 Å². The molecule has 3 amide bonds. The number of nitrogens with zero attached hydrogens (tertiary/aromatic N) is 1. The molecule has 32 heavy (non-hydrogen) atoms. The van der Waals surface area contributed by atoms with Gasteiger partial charge in [-0.15, -0.1) is 11.3 Å². The monoisotopic (exact) mass is 469 g/mol. The zero-order valence-electron chi connectivity index (χ0n) is 17.9. The van der Waals surface area contributed by atoms with Crippen LogP contribution < -0.4 is 10.6 Å². The first-order valence-electron chi connectivity index (χ1n) is 10.2. The Balaban J connectivity index is 1.74. The van der Waals surface area contributed by atoms with E-state index in [-0.39, 0.29) is 24.3 Å². The van der Waals surface area contributed by atoms with Crippen molar-refractivity contribution >= 4 is 52.0 Å². The number of carbonyl (C=O) groups is 3. The number of hydrogen-bond acceptors (Lipinski definition) is 4. The molecule has 0 atom stereocenters. The fourth-order valence-corrected chi connectivity index (χ4v) is 3.91. The minimum absolute atomic E-state index is 0.0828. The number of halogens is 1. The van der Waals surface area contributed by atoms with E-state index in [0.717, 1.165) is 5.56 Å². The number of thiophene rings is 1. The maximum Gasteiger partial charge on any atom is 0.265 e. The Morgan fingerprint density at radius 2 is 1.78 bits per heavy atom. The van der Waals surface area contributed by atoms with Crippen LogP contribution in [-0.4, -0.2) is 35.7 Å². The first-order valence-corrected chi connectivity index (χ1v) is 11.4.